The fourth-order valence-corrected chi connectivity index (χ4v) is 3.01. The van der Waals surface area contributed by atoms with E-state index in [-0.39, 0.29) is 11.9 Å². The van der Waals surface area contributed by atoms with Crippen molar-refractivity contribution in [3.8, 4) is 0 Å². The van der Waals surface area contributed by atoms with E-state index in [2.05, 4.69) is 10.6 Å². The molecule has 0 radical (unpaired) electrons. The van der Waals surface area contributed by atoms with E-state index < -0.39 is 0 Å². The van der Waals surface area contributed by atoms with Gasteiger partial charge in [0, 0.05) is 10.7 Å². The van der Waals surface area contributed by atoms with Crippen LogP contribution in [0.5, 0.6) is 0 Å². The summed E-state index contributed by atoms with van der Waals surface area (Å²) in [5.41, 5.74) is 0.767. The molecule has 0 aromatic heterocycles. The molecule has 0 aliphatic heterocycles. The smallest absolute Gasteiger partial charge is 0.282 e. The molecule has 1 aliphatic carbocycles. The van der Waals surface area contributed by atoms with Gasteiger partial charge < -0.3 is 10.6 Å². The van der Waals surface area contributed by atoms with Crippen LogP contribution in [0.4, 0.5) is 5.69 Å². The predicted octanol–water partition coefficient (Wildman–Crippen LogP) is 2.95. The highest BCUT2D eigenvalue weighted by Gasteiger charge is 2.22. The van der Waals surface area contributed by atoms with E-state index in [1.165, 1.54) is 38.5 Å². The Morgan fingerprint density at radius 3 is 2.65 bits per heavy atom. The third-order valence-corrected chi connectivity index (χ3v) is 4.20. The predicted molar refractivity (Wildman–Crippen MR) is 83.0 cm³/mol. The lowest BCUT2D eigenvalue weighted by atomic mass is 10.1. The van der Waals surface area contributed by atoms with Gasteiger partial charge in [0.15, 0.2) is 6.04 Å². The van der Waals surface area contributed by atoms with Gasteiger partial charge >= 0.3 is 0 Å². The van der Waals surface area contributed by atoms with Crippen LogP contribution in [-0.2, 0) is 4.79 Å². The lowest BCUT2D eigenvalue weighted by Crippen LogP contribution is -2.96. The Kier molecular flexibility index (Phi) is 5.86. The standard InChI is InChI=1S/C16H23ClN2O/c1-12(18-14-8-4-2-3-5-9-14)16(20)19-15-10-6-7-13(17)11-15/h6-7,10-12,14,18H,2-5,8-9H2,1H3,(H,19,20)/p+1/t12-/m0/s1. The highest BCUT2D eigenvalue weighted by molar-refractivity contribution is 6.30. The minimum atomic E-state index is -0.0583. The maximum Gasteiger partial charge on any atom is 0.282 e. The topological polar surface area (TPSA) is 45.7 Å². The molecule has 3 N–H and O–H groups in total. The average molecular weight is 296 g/mol. The number of carbonyl (C=O) groups excluding carboxylic acids is 1. The van der Waals surface area contributed by atoms with Gasteiger partial charge in [-0.3, -0.25) is 4.79 Å². The normalized spacial score (nSPS) is 18.3. The molecule has 0 spiro atoms. The number of anilines is 1. The first-order chi connectivity index (χ1) is 9.65. The molecule has 0 heterocycles. The summed E-state index contributed by atoms with van der Waals surface area (Å²) in [5.74, 6) is 0.0523. The van der Waals surface area contributed by atoms with Gasteiger partial charge in [-0.25, -0.2) is 0 Å². The largest absolute Gasteiger partial charge is 0.334 e. The molecule has 1 saturated carbocycles. The van der Waals surface area contributed by atoms with E-state index in [4.69, 9.17) is 11.6 Å². The second kappa shape index (κ2) is 7.65. The molecule has 1 atom stereocenters. The summed E-state index contributed by atoms with van der Waals surface area (Å²) >= 11 is 5.92. The summed E-state index contributed by atoms with van der Waals surface area (Å²) in [4.78, 5) is 12.2. The van der Waals surface area contributed by atoms with Crippen molar-refractivity contribution in [3.63, 3.8) is 0 Å². The monoisotopic (exact) mass is 295 g/mol. The van der Waals surface area contributed by atoms with Gasteiger partial charge in [-0.05, 0) is 50.8 Å². The summed E-state index contributed by atoms with van der Waals surface area (Å²) in [7, 11) is 0. The molecule has 20 heavy (non-hydrogen) atoms. The quantitative estimate of drug-likeness (QED) is 0.824. The van der Waals surface area contributed by atoms with Crippen LogP contribution in [0.1, 0.15) is 45.4 Å². The molecule has 1 fully saturated rings. The van der Waals surface area contributed by atoms with Crippen molar-refractivity contribution in [3.05, 3.63) is 29.3 Å². The fourth-order valence-electron chi connectivity index (χ4n) is 2.82. The first-order valence-corrected chi connectivity index (χ1v) is 7.94. The molecular formula is C16H24ClN2O+. The van der Waals surface area contributed by atoms with E-state index in [9.17, 15) is 4.79 Å². The van der Waals surface area contributed by atoms with Crippen LogP contribution >= 0.6 is 11.6 Å². The number of hydrogen-bond acceptors (Lipinski definition) is 1. The van der Waals surface area contributed by atoms with Crippen molar-refractivity contribution in [1.82, 2.24) is 0 Å². The van der Waals surface area contributed by atoms with Crippen LogP contribution in [0.25, 0.3) is 0 Å². The molecule has 2 rings (SSSR count). The highest BCUT2D eigenvalue weighted by atomic mass is 35.5. The molecular weight excluding hydrogens is 272 g/mol. The number of rotatable bonds is 4. The third-order valence-electron chi connectivity index (χ3n) is 3.97. The second-order valence-corrected chi connectivity index (χ2v) is 6.17. The molecule has 0 bridgehead atoms. The fraction of sp³-hybridized carbons (Fsp3) is 0.562. The Morgan fingerprint density at radius 1 is 1.30 bits per heavy atom. The summed E-state index contributed by atoms with van der Waals surface area (Å²) in [5, 5.41) is 5.80. The molecule has 1 aromatic carbocycles. The Hall–Kier alpha value is -1.06. The molecule has 0 saturated heterocycles. The van der Waals surface area contributed by atoms with Gasteiger partial charge in [-0.2, -0.15) is 0 Å². The zero-order chi connectivity index (χ0) is 14.4. The van der Waals surface area contributed by atoms with E-state index >= 15 is 0 Å². The zero-order valence-corrected chi connectivity index (χ0v) is 12.8. The number of nitrogens with two attached hydrogens (primary N) is 1. The Morgan fingerprint density at radius 2 is 2.00 bits per heavy atom. The molecule has 1 aromatic rings. The van der Waals surface area contributed by atoms with Crippen molar-refractivity contribution in [1.29, 1.82) is 0 Å². The lowest BCUT2D eigenvalue weighted by Gasteiger charge is -2.18. The maximum atomic E-state index is 12.2. The summed E-state index contributed by atoms with van der Waals surface area (Å²) < 4.78 is 0. The maximum absolute atomic E-state index is 12.2. The van der Waals surface area contributed by atoms with Gasteiger partial charge in [0.2, 0.25) is 0 Å². The summed E-state index contributed by atoms with van der Waals surface area (Å²) in [6.07, 6.45) is 7.73. The Labute approximate surface area is 126 Å². The first-order valence-electron chi connectivity index (χ1n) is 7.56. The van der Waals surface area contributed by atoms with Crippen molar-refractivity contribution in [2.24, 2.45) is 0 Å². The number of benzene rings is 1. The number of nitrogens with one attached hydrogen (secondary N) is 1. The summed E-state index contributed by atoms with van der Waals surface area (Å²) in [6.45, 7) is 1.98. The number of carbonyl (C=O) groups is 1. The summed E-state index contributed by atoms with van der Waals surface area (Å²) in [6, 6.07) is 7.82. The van der Waals surface area contributed by atoms with E-state index in [0.29, 0.717) is 11.1 Å². The number of amides is 1. The Balaban J connectivity index is 1.85. The second-order valence-electron chi connectivity index (χ2n) is 5.73. The van der Waals surface area contributed by atoms with Gasteiger partial charge in [0.25, 0.3) is 5.91 Å². The van der Waals surface area contributed by atoms with Crippen LogP contribution in [0.15, 0.2) is 24.3 Å². The third kappa shape index (κ3) is 4.80. The van der Waals surface area contributed by atoms with E-state index in [0.717, 1.165) is 5.69 Å². The Bertz CT molecular complexity index is 442. The van der Waals surface area contributed by atoms with E-state index in [1.54, 1.807) is 12.1 Å². The minimum absolute atomic E-state index is 0.0523. The molecule has 1 amide bonds. The number of halogens is 1. The van der Waals surface area contributed by atoms with Crippen LogP contribution in [0.3, 0.4) is 0 Å². The van der Waals surface area contributed by atoms with Gasteiger partial charge in [-0.15, -0.1) is 0 Å². The average Bonchev–Trinajstić information content (AvgIpc) is 2.67. The van der Waals surface area contributed by atoms with Crippen LogP contribution < -0.4 is 10.6 Å². The van der Waals surface area contributed by atoms with Crippen molar-refractivity contribution in [2.45, 2.75) is 57.5 Å². The first kappa shape index (κ1) is 15.3. The van der Waals surface area contributed by atoms with Gasteiger partial charge in [-0.1, -0.05) is 30.5 Å². The lowest BCUT2D eigenvalue weighted by molar-refractivity contribution is -0.707. The van der Waals surface area contributed by atoms with Crippen LogP contribution in [0, 0.1) is 0 Å². The number of hydrogen-bond donors (Lipinski definition) is 2. The van der Waals surface area contributed by atoms with Crippen molar-refractivity contribution in [2.75, 3.05) is 5.32 Å². The molecule has 0 unspecified atom stereocenters. The van der Waals surface area contributed by atoms with Crippen molar-refractivity contribution < 1.29 is 10.1 Å². The highest BCUT2D eigenvalue weighted by Crippen LogP contribution is 2.16. The molecule has 110 valence electrons. The van der Waals surface area contributed by atoms with E-state index in [1.807, 2.05) is 19.1 Å². The van der Waals surface area contributed by atoms with Crippen molar-refractivity contribution >= 4 is 23.2 Å². The molecule has 4 heteroatoms. The minimum Gasteiger partial charge on any atom is -0.334 e. The molecule has 3 nitrogen and oxygen atoms in total. The SMILES string of the molecule is C[C@H]([NH2+]C1CCCCCC1)C(=O)Nc1cccc(Cl)c1. The van der Waals surface area contributed by atoms with Crippen LogP contribution in [0.2, 0.25) is 5.02 Å². The van der Waals surface area contributed by atoms with Gasteiger partial charge in [0.05, 0.1) is 6.04 Å². The van der Waals surface area contributed by atoms with Gasteiger partial charge in [0.1, 0.15) is 0 Å². The molecule has 1 aliphatic rings. The number of quaternary nitrogens is 1. The zero-order valence-electron chi connectivity index (χ0n) is 12.1. The van der Waals surface area contributed by atoms with Crippen LogP contribution in [-0.4, -0.2) is 18.0 Å².